The molecule has 2 aromatic rings. The van der Waals surface area contributed by atoms with Crippen LogP contribution in [0.25, 0.3) is 11.7 Å². The maximum atomic E-state index is 6.07. The summed E-state index contributed by atoms with van der Waals surface area (Å²) in [7, 11) is 0. The molecule has 6 nitrogen and oxygen atoms in total. The Morgan fingerprint density at radius 3 is 3.15 bits per heavy atom. The van der Waals surface area contributed by atoms with Crippen LogP contribution in [-0.4, -0.2) is 33.7 Å². The van der Waals surface area contributed by atoms with Crippen molar-refractivity contribution in [1.29, 1.82) is 0 Å². The van der Waals surface area contributed by atoms with E-state index in [-0.39, 0.29) is 6.04 Å². The third-order valence-corrected chi connectivity index (χ3v) is 3.82. The molecular weight excluding hydrogens is 256 g/mol. The molecule has 2 N–H and O–H groups in total. The van der Waals surface area contributed by atoms with Crippen LogP contribution in [0.3, 0.4) is 0 Å². The van der Waals surface area contributed by atoms with Gasteiger partial charge in [-0.2, -0.15) is 4.98 Å². The molecule has 3 rings (SSSR count). The molecular formula is C14H20N4O2. The van der Waals surface area contributed by atoms with E-state index in [1.165, 1.54) is 12.8 Å². The van der Waals surface area contributed by atoms with Gasteiger partial charge in [0.2, 0.25) is 0 Å². The molecule has 3 heterocycles. The van der Waals surface area contributed by atoms with Gasteiger partial charge in [-0.25, -0.2) is 0 Å². The first-order valence-electron chi connectivity index (χ1n) is 7.10. The Bertz CT molecular complexity index is 535. The summed E-state index contributed by atoms with van der Waals surface area (Å²) in [6, 6.07) is 4.17. The first-order valence-corrected chi connectivity index (χ1v) is 7.10. The number of likely N-dealkylation sites (tertiary alicyclic amines) is 1. The van der Waals surface area contributed by atoms with Crippen molar-refractivity contribution in [3.8, 4) is 11.7 Å². The van der Waals surface area contributed by atoms with Gasteiger partial charge in [0.1, 0.15) is 0 Å². The zero-order valence-corrected chi connectivity index (χ0v) is 11.7. The minimum Gasteiger partial charge on any atom is -0.459 e. The van der Waals surface area contributed by atoms with Gasteiger partial charge < -0.3 is 14.7 Å². The van der Waals surface area contributed by atoms with Gasteiger partial charge in [-0.15, -0.1) is 0 Å². The van der Waals surface area contributed by atoms with Crippen LogP contribution in [0.1, 0.15) is 32.0 Å². The number of nitrogens with zero attached hydrogens (tertiary/aromatic N) is 3. The number of aromatic nitrogens is 2. The number of hydrogen-bond donors (Lipinski definition) is 1. The molecule has 0 aliphatic carbocycles. The average molecular weight is 276 g/mol. The molecule has 1 aliphatic rings. The van der Waals surface area contributed by atoms with E-state index in [0.717, 1.165) is 13.0 Å². The first kappa shape index (κ1) is 13.3. The fourth-order valence-electron chi connectivity index (χ4n) is 2.81. The molecule has 1 saturated heterocycles. The molecule has 0 amide bonds. The van der Waals surface area contributed by atoms with Crippen LogP contribution in [0.15, 0.2) is 27.3 Å². The second kappa shape index (κ2) is 5.76. The lowest BCUT2D eigenvalue weighted by Gasteiger charge is -2.37. The molecule has 20 heavy (non-hydrogen) atoms. The van der Waals surface area contributed by atoms with E-state index < -0.39 is 0 Å². The monoisotopic (exact) mass is 276 g/mol. The van der Waals surface area contributed by atoms with Crippen molar-refractivity contribution < 1.29 is 8.94 Å². The van der Waals surface area contributed by atoms with E-state index in [9.17, 15) is 0 Å². The summed E-state index contributed by atoms with van der Waals surface area (Å²) in [5.74, 6) is 1.72. The summed E-state index contributed by atoms with van der Waals surface area (Å²) < 4.78 is 10.5. The van der Waals surface area contributed by atoms with E-state index in [0.29, 0.717) is 30.1 Å². The molecule has 0 aromatic carbocycles. The van der Waals surface area contributed by atoms with Crippen molar-refractivity contribution in [2.75, 3.05) is 6.54 Å². The van der Waals surface area contributed by atoms with E-state index in [1.54, 1.807) is 12.3 Å². The van der Waals surface area contributed by atoms with Gasteiger partial charge in [0.05, 0.1) is 12.8 Å². The molecule has 2 unspecified atom stereocenters. The minimum absolute atomic E-state index is 0.159. The van der Waals surface area contributed by atoms with Gasteiger partial charge >= 0.3 is 0 Å². The minimum atomic E-state index is 0.159. The molecule has 6 heteroatoms. The predicted molar refractivity (Wildman–Crippen MR) is 73.7 cm³/mol. The van der Waals surface area contributed by atoms with Gasteiger partial charge in [0, 0.05) is 12.1 Å². The van der Waals surface area contributed by atoms with Crippen molar-refractivity contribution in [3.63, 3.8) is 0 Å². The number of rotatable bonds is 4. The summed E-state index contributed by atoms with van der Waals surface area (Å²) in [6.45, 7) is 3.78. The third-order valence-electron chi connectivity index (χ3n) is 3.82. The van der Waals surface area contributed by atoms with Gasteiger partial charge in [-0.1, -0.05) is 11.6 Å². The van der Waals surface area contributed by atoms with E-state index >= 15 is 0 Å². The van der Waals surface area contributed by atoms with Gasteiger partial charge in [0.15, 0.2) is 11.6 Å². The zero-order chi connectivity index (χ0) is 13.9. The lowest BCUT2D eigenvalue weighted by molar-refractivity contribution is 0.118. The van der Waals surface area contributed by atoms with Crippen molar-refractivity contribution in [1.82, 2.24) is 15.0 Å². The lowest BCUT2D eigenvalue weighted by atomic mass is 9.97. The highest BCUT2D eigenvalue weighted by atomic mass is 16.5. The zero-order valence-electron chi connectivity index (χ0n) is 11.7. The predicted octanol–water partition coefficient (Wildman–Crippen LogP) is 2.03. The number of piperidine rings is 1. The summed E-state index contributed by atoms with van der Waals surface area (Å²) in [5, 5.41) is 4.03. The van der Waals surface area contributed by atoms with Crippen LogP contribution < -0.4 is 5.73 Å². The van der Waals surface area contributed by atoms with Crippen molar-refractivity contribution >= 4 is 0 Å². The quantitative estimate of drug-likeness (QED) is 0.920. The van der Waals surface area contributed by atoms with Crippen molar-refractivity contribution in [2.45, 2.75) is 44.8 Å². The smallest absolute Gasteiger partial charge is 0.293 e. The van der Waals surface area contributed by atoms with Gasteiger partial charge in [0.25, 0.3) is 5.89 Å². The van der Waals surface area contributed by atoms with Crippen LogP contribution in [0.2, 0.25) is 0 Å². The highest BCUT2D eigenvalue weighted by Gasteiger charge is 2.26. The largest absolute Gasteiger partial charge is 0.459 e. The van der Waals surface area contributed by atoms with Gasteiger partial charge in [-0.3, -0.25) is 4.90 Å². The van der Waals surface area contributed by atoms with Crippen LogP contribution in [0.4, 0.5) is 0 Å². The summed E-state index contributed by atoms with van der Waals surface area (Å²) in [5.41, 5.74) is 6.07. The molecule has 2 aromatic heterocycles. The second-order valence-corrected chi connectivity index (χ2v) is 5.39. The van der Waals surface area contributed by atoms with Crippen molar-refractivity contribution in [3.05, 3.63) is 24.2 Å². The van der Waals surface area contributed by atoms with Crippen LogP contribution in [0, 0.1) is 0 Å². The third kappa shape index (κ3) is 2.76. The molecule has 108 valence electrons. The molecule has 0 saturated carbocycles. The Kier molecular flexibility index (Phi) is 3.84. The Hall–Kier alpha value is -1.66. The SMILES string of the molecule is CC(N)C1CCCCN1Cc1noc(-c2ccco2)n1. The molecule has 0 bridgehead atoms. The summed E-state index contributed by atoms with van der Waals surface area (Å²) in [4.78, 5) is 6.74. The first-order chi connectivity index (χ1) is 9.74. The van der Waals surface area contributed by atoms with Crippen molar-refractivity contribution in [2.24, 2.45) is 5.73 Å². The van der Waals surface area contributed by atoms with E-state index in [1.807, 2.05) is 6.07 Å². The van der Waals surface area contributed by atoms with Crippen LogP contribution in [-0.2, 0) is 6.54 Å². The lowest BCUT2D eigenvalue weighted by Crippen LogP contribution is -2.48. The Morgan fingerprint density at radius 1 is 1.50 bits per heavy atom. The summed E-state index contributed by atoms with van der Waals surface area (Å²) >= 11 is 0. The maximum Gasteiger partial charge on any atom is 0.293 e. The Balaban J connectivity index is 1.71. The average Bonchev–Trinajstić information content (AvgIpc) is 3.09. The van der Waals surface area contributed by atoms with E-state index in [4.69, 9.17) is 14.7 Å². The topological polar surface area (TPSA) is 81.3 Å². The molecule has 0 radical (unpaired) electrons. The fraction of sp³-hybridized carbons (Fsp3) is 0.571. The number of furan rings is 1. The Labute approximate surface area is 117 Å². The highest BCUT2D eigenvalue weighted by molar-refractivity contribution is 5.42. The van der Waals surface area contributed by atoms with E-state index in [2.05, 4.69) is 22.0 Å². The molecule has 1 fully saturated rings. The molecule has 0 spiro atoms. The fourth-order valence-corrected chi connectivity index (χ4v) is 2.81. The Morgan fingerprint density at radius 2 is 2.40 bits per heavy atom. The van der Waals surface area contributed by atoms with Crippen LogP contribution >= 0.6 is 0 Å². The summed E-state index contributed by atoms with van der Waals surface area (Å²) in [6.07, 6.45) is 5.18. The van der Waals surface area contributed by atoms with Crippen LogP contribution in [0.5, 0.6) is 0 Å². The normalized spacial score (nSPS) is 22.0. The number of hydrogen-bond acceptors (Lipinski definition) is 6. The standard InChI is InChI=1S/C14H20N4O2/c1-10(15)11-5-2-3-7-18(11)9-13-16-14(20-17-13)12-6-4-8-19-12/h4,6,8,10-11H,2-3,5,7,9,15H2,1H3. The molecule has 2 atom stereocenters. The molecule has 1 aliphatic heterocycles. The van der Waals surface area contributed by atoms with Gasteiger partial charge in [-0.05, 0) is 38.4 Å². The second-order valence-electron chi connectivity index (χ2n) is 5.39. The highest BCUT2D eigenvalue weighted by Crippen LogP contribution is 2.22. The number of nitrogens with two attached hydrogens (primary N) is 1. The maximum absolute atomic E-state index is 6.07.